The van der Waals surface area contributed by atoms with Crippen LogP contribution < -0.4 is 31.1 Å². The molecule has 2 unspecified atom stereocenters. The van der Waals surface area contributed by atoms with E-state index in [0.29, 0.717) is 0 Å². The quantitative estimate of drug-likeness (QED) is 0.161. The summed E-state index contributed by atoms with van der Waals surface area (Å²) in [6.45, 7) is 7.48. The molecule has 3 aliphatic heterocycles. The lowest BCUT2D eigenvalue weighted by atomic mass is 9.33. The highest BCUT2D eigenvalue weighted by Gasteiger charge is 2.61. The van der Waals surface area contributed by atoms with E-state index in [1.807, 2.05) is 0 Å². The summed E-state index contributed by atoms with van der Waals surface area (Å²) in [6.07, 6.45) is 4.90. The molecule has 4 heterocycles. The van der Waals surface area contributed by atoms with Crippen molar-refractivity contribution in [2.75, 3.05) is 14.7 Å². The lowest BCUT2D eigenvalue weighted by Gasteiger charge is -2.52. The van der Waals surface area contributed by atoms with E-state index in [9.17, 15) is 0 Å². The maximum absolute atomic E-state index is 6.64. The third-order valence-electron chi connectivity index (χ3n) is 16.2. The van der Waals surface area contributed by atoms with Crippen LogP contribution in [-0.4, -0.2) is 12.3 Å². The van der Waals surface area contributed by atoms with E-state index < -0.39 is 0 Å². The number of aryl methyl sites for hydroxylation is 1. The molecule has 5 heteroatoms. The van der Waals surface area contributed by atoms with Crippen LogP contribution in [0.3, 0.4) is 0 Å². The van der Waals surface area contributed by atoms with Crippen molar-refractivity contribution < 1.29 is 4.42 Å². The predicted molar refractivity (Wildman–Crippen MR) is 278 cm³/mol. The van der Waals surface area contributed by atoms with Gasteiger partial charge in [0.15, 0.2) is 0 Å². The molecule has 316 valence electrons. The third kappa shape index (κ3) is 5.11. The van der Waals surface area contributed by atoms with Crippen LogP contribution in [0, 0.1) is 6.92 Å². The van der Waals surface area contributed by atoms with E-state index in [1.165, 1.54) is 97.8 Å². The molecule has 0 saturated heterocycles. The van der Waals surface area contributed by atoms with Crippen LogP contribution in [-0.2, 0) is 5.41 Å². The zero-order valence-electron chi connectivity index (χ0n) is 37.6. The van der Waals surface area contributed by atoms with Crippen LogP contribution >= 0.6 is 0 Å². The number of hydrogen-bond acceptors (Lipinski definition) is 4. The molecular weight excluding hydrogens is 802 g/mol. The van der Waals surface area contributed by atoms with Gasteiger partial charge in [0.05, 0.1) is 5.54 Å². The summed E-state index contributed by atoms with van der Waals surface area (Å²) < 4.78 is 6.64. The molecule has 9 aromatic carbocycles. The minimum absolute atomic E-state index is 0.0326. The van der Waals surface area contributed by atoms with Crippen molar-refractivity contribution in [1.29, 1.82) is 0 Å². The number of para-hydroxylation sites is 3. The van der Waals surface area contributed by atoms with Gasteiger partial charge < -0.3 is 19.1 Å². The van der Waals surface area contributed by atoms with Crippen molar-refractivity contribution in [2.45, 2.75) is 57.4 Å². The summed E-state index contributed by atoms with van der Waals surface area (Å²) in [6, 6.07) is 69.9. The molecule has 4 nitrogen and oxygen atoms in total. The molecule has 14 rings (SSSR count). The van der Waals surface area contributed by atoms with E-state index in [-0.39, 0.29) is 17.7 Å². The molecule has 1 fully saturated rings. The van der Waals surface area contributed by atoms with Crippen molar-refractivity contribution in [3.63, 3.8) is 0 Å². The average Bonchev–Trinajstić information content (AvgIpc) is 3.82. The predicted octanol–water partition coefficient (Wildman–Crippen LogP) is 14.5. The van der Waals surface area contributed by atoms with Crippen molar-refractivity contribution in [2.24, 2.45) is 0 Å². The van der Waals surface area contributed by atoms with Gasteiger partial charge in [-0.15, -0.1) is 0 Å². The molecule has 66 heavy (non-hydrogen) atoms. The molecule has 2 atom stereocenters. The van der Waals surface area contributed by atoms with Crippen molar-refractivity contribution in [1.82, 2.24) is 0 Å². The summed E-state index contributed by atoms with van der Waals surface area (Å²) in [5, 5.41) is 4.77. The second kappa shape index (κ2) is 13.8. The van der Waals surface area contributed by atoms with Gasteiger partial charge >= 0.3 is 0 Å². The first-order valence-electron chi connectivity index (χ1n) is 23.7. The maximum atomic E-state index is 6.64. The molecule has 0 radical (unpaired) electrons. The molecule has 1 aromatic heterocycles. The van der Waals surface area contributed by atoms with Gasteiger partial charge in [0.2, 0.25) is 0 Å². The summed E-state index contributed by atoms with van der Waals surface area (Å²) in [4.78, 5) is 7.80. The topological polar surface area (TPSA) is 22.9 Å². The van der Waals surface area contributed by atoms with Gasteiger partial charge in [-0.3, -0.25) is 0 Å². The highest BCUT2D eigenvalue weighted by molar-refractivity contribution is 7.00. The van der Waals surface area contributed by atoms with Crippen molar-refractivity contribution in [3.05, 3.63) is 199 Å². The summed E-state index contributed by atoms with van der Waals surface area (Å²) in [5.74, 6) is 0. The first kappa shape index (κ1) is 37.8. The lowest BCUT2D eigenvalue weighted by molar-refractivity contribution is 0.195. The van der Waals surface area contributed by atoms with Crippen LogP contribution in [0.2, 0.25) is 0 Å². The van der Waals surface area contributed by atoms with Gasteiger partial charge in [0, 0.05) is 67.8 Å². The molecule has 0 bridgehead atoms. The normalized spacial score (nSPS) is 18.9. The molecule has 10 aromatic rings. The first-order chi connectivity index (χ1) is 32.4. The Labute approximate surface area is 386 Å². The lowest BCUT2D eigenvalue weighted by Crippen LogP contribution is -2.64. The molecular formula is C61H48BN3O. The van der Waals surface area contributed by atoms with Crippen LogP contribution in [0.25, 0.3) is 43.8 Å². The second-order valence-electron chi connectivity index (χ2n) is 19.6. The fourth-order valence-corrected chi connectivity index (χ4v) is 13.0. The number of anilines is 8. The number of hydrogen-bond donors (Lipinski definition) is 0. The minimum Gasteiger partial charge on any atom is -0.456 e. The highest BCUT2D eigenvalue weighted by atomic mass is 16.3. The Morgan fingerprint density at radius 2 is 1.27 bits per heavy atom. The maximum Gasteiger partial charge on any atom is 0.252 e. The minimum atomic E-state index is -0.0326. The van der Waals surface area contributed by atoms with E-state index in [2.05, 4.69) is 224 Å². The molecule has 1 saturated carbocycles. The van der Waals surface area contributed by atoms with E-state index >= 15 is 0 Å². The Hall–Kier alpha value is -7.50. The molecule has 0 spiro atoms. The Bertz CT molecular complexity index is 3650. The van der Waals surface area contributed by atoms with E-state index in [4.69, 9.17) is 4.42 Å². The fraction of sp³-hybridized carbons (Fsp3) is 0.148. The smallest absolute Gasteiger partial charge is 0.252 e. The van der Waals surface area contributed by atoms with Crippen LogP contribution in [0.5, 0.6) is 0 Å². The largest absolute Gasteiger partial charge is 0.456 e. The summed E-state index contributed by atoms with van der Waals surface area (Å²) in [5.41, 5.74) is 20.8. The van der Waals surface area contributed by atoms with Crippen molar-refractivity contribution >= 4 is 101 Å². The fourth-order valence-electron chi connectivity index (χ4n) is 13.0. The number of furan rings is 1. The highest BCUT2D eigenvalue weighted by Crippen LogP contribution is 2.62. The van der Waals surface area contributed by atoms with Gasteiger partial charge in [0.1, 0.15) is 11.2 Å². The van der Waals surface area contributed by atoms with Gasteiger partial charge in [-0.25, -0.2) is 0 Å². The standard InChI is InChI=1S/C61H48BN3O/c1-39-34-54-58-55(35-39)65-59-50(60(2)32-11-12-33-61(60,65)3)25-15-26-52(59)62(58)51-31-29-44(37-53(51)64(54)45-28-30-49-48-23-9-10-27-56(48)66-57(49)38-45)63(42-19-5-4-6-20-42)43-21-13-18-41(36-43)47-24-14-17-40-16-7-8-22-46(40)47/h4-10,13-31,34-38H,11-12,32-33H2,1-3H3. The molecule has 0 amide bonds. The van der Waals surface area contributed by atoms with E-state index in [1.54, 1.807) is 0 Å². The number of benzene rings is 9. The average molecular weight is 850 g/mol. The van der Waals surface area contributed by atoms with Crippen LogP contribution in [0.4, 0.5) is 45.5 Å². The molecule has 0 N–H and O–H groups in total. The summed E-state index contributed by atoms with van der Waals surface area (Å²) >= 11 is 0. The van der Waals surface area contributed by atoms with Crippen molar-refractivity contribution in [3.8, 4) is 11.1 Å². The summed E-state index contributed by atoms with van der Waals surface area (Å²) in [7, 11) is 0. The second-order valence-corrected chi connectivity index (χ2v) is 19.6. The number of nitrogens with zero attached hydrogens (tertiary/aromatic N) is 3. The third-order valence-corrected chi connectivity index (χ3v) is 16.2. The van der Waals surface area contributed by atoms with Gasteiger partial charge in [0.25, 0.3) is 6.71 Å². The van der Waals surface area contributed by atoms with Gasteiger partial charge in [-0.1, -0.05) is 135 Å². The number of rotatable bonds is 5. The number of fused-ring (bicyclic) bond motifs is 11. The SMILES string of the molecule is Cc1cc2c3c(c1)N1c4c(cccc4C4(C)CCCCC14C)B3c1ccc(N(c3ccccc3)c3cccc(-c4cccc5ccccc45)c3)cc1N2c1ccc2c(c1)oc1ccccc12. The molecule has 4 aliphatic rings. The molecule has 1 aliphatic carbocycles. The first-order valence-corrected chi connectivity index (χ1v) is 23.7. The Morgan fingerprint density at radius 1 is 0.545 bits per heavy atom. The zero-order valence-corrected chi connectivity index (χ0v) is 37.6. The van der Waals surface area contributed by atoms with Crippen LogP contribution in [0.1, 0.15) is 50.7 Å². The Morgan fingerprint density at radius 3 is 2.18 bits per heavy atom. The van der Waals surface area contributed by atoms with Gasteiger partial charge in [-0.05, 0) is 143 Å². The van der Waals surface area contributed by atoms with Gasteiger partial charge in [-0.2, -0.15) is 0 Å². The zero-order chi connectivity index (χ0) is 43.9. The monoisotopic (exact) mass is 849 g/mol. The Balaban J connectivity index is 1.03. The van der Waals surface area contributed by atoms with Crippen LogP contribution in [0.15, 0.2) is 192 Å². The van der Waals surface area contributed by atoms with E-state index in [0.717, 1.165) is 44.7 Å². The Kier molecular flexibility index (Phi) is 7.89.